The van der Waals surface area contributed by atoms with E-state index < -0.39 is 9.84 Å². The van der Waals surface area contributed by atoms with Crippen LogP contribution in [0.2, 0.25) is 0 Å². The van der Waals surface area contributed by atoms with Gasteiger partial charge in [-0.05, 0) is 6.07 Å². The molecule has 2 aliphatic rings. The van der Waals surface area contributed by atoms with E-state index in [-0.39, 0.29) is 28.4 Å². The second-order valence-electron chi connectivity index (χ2n) is 6.47. The first-order valence-electron chi connectivity index (χ1n) is 7.99. The number of H-pyrrole nitrogens is 1. The van der Waals surface area contributed by atoms with Gasteiger partial charge in [0.2, 0.25) is 0 Å². The van der Waals surface area contributed by atoms with Crippen LogP contribution in [0.5, 0.6) is 11.5 Å². The smallest absolute Gasteiger partial charge is 0.278 e. The summed E-state index contributed by atoms with van der Waals surface area (Å²) in [5.41, 5.74) is 1.40. The molecule has 2 aliphatic heterocycles. The largest absolute Gasteiger partial charge is 0.493 e. The molecule has 1 aromatic carbocycles. The molecule has 0 radical (unpaired) electrons. The van der Waals surface area contributed by atoms with Crippen LogP contribution >= 0.6 is 11.8 Å². The van der Waals surface area contributed by atoms with Crippen molar-refractivity contribution in [1.82, 2.24) is 14.5 Å². The zero-order chi connectivity index (χ0) is 18.2. The Morgan fingerprint density at radius 2 is 1.96 bits per heavy atom. The molecule has 26 heavy (non-hydrogen) atoms. The van der Waals surface area contributed by atoms with E-state index in [9.17, 15) is 13.2 Å². The Morgan fingerprint density at radius 1 is 1.23 bits per heavy atom. The third kappa shape index (κ3) is 2.05. The van der Waals surface area contributed by atoms with Crippen LogP contribution in [0.3, 0.4) is 0 Å². The van der Waals surface area contributed by atoms with Gasteiger partial charge in [0.25, 0.3) is 5.56 Å². The van der Waals surface area contributed by atoms with Gasteiger partial charge in [-0.25, -0.2) is 13.4 Å². The molecule has 1 saturated heterocycles. The van der Waals surface area contributed by atoms with Gasteiger partial charge < -0.3 is 14.5 Å². The van der Waals surface area contributed by atoms with Gasteiger partial charge in [0.05, 0.1) is 37.3 Å². The summed E-state index contributed by atoms with van der Waals surface area (Å²) in [5, 5.41) is 1.19. The first-order chi connectivity index (χ1) is 12.4. The maximum absolute atomic E-state index is 13.1. The first kappa shape index (κ1) is 16.0. The Balaban J connectivity index is 1.79. The number of sulfone groups is 1. The quantitative estimate of drug-likeness (QED) is 0.655. The summed E-state index contributed by atoms with van der Waals surface area (Å²) >= 11 is 1.37. The predicted molar refractivity (Wildman–Crippen MR) is 98.3 cm³/mol. The maximum atomic E-state index is 13.1. The van der Waals surface area contributed by atoms with Crippen molar-refractivity contribution in [2.75, 3.05) is 25.7 Å². The molecule has 3 aromatic rings. The molecule has 0 saturated carbocycles. The molecule has 10 heteroatoms. The molecule has 5 rings (SSSR count). The average Bonchev–Trinajstić information content (AvgIpc) is 3.20. The fourth-order valence-electron chi connectivity index (χ4n) is 3.80. The minimum absolute atomic E-state index is 0.00731. The zero-order valence-electron chi connectivity index (χ0n) is 14.0. The standard InChI is InChI=1S/C16H15N3O5S2/c1-23-10-3-7-8(4-11(10)24-2)17-14-13(7)18-16-19(15(14)20)9-5-26(21,22)6-12(9)25-16/h3-4,9,12,17H,5-6H2,1-2H3/t9-,12-/m0/s1. The monoisotopic (exact) mass is 393 g/mol. The number of aromatic nitrogens is 3. The van der Waals surface area contributed by atoms with Crippen LogP contribution in [0.1, 0.15) is 6.04 Å². The SMILES string of the molecule is COc1cc2[nH]c3c(=O)n4c(nc3c2cc1OC)S[C@H]1CS(=O)(=O)C[C@@H]14. The van der Waals surface area contributed by atoms with Gasteiger partial charge in [-0.15, -0.1) is 0 Å². The number of thioether (sulfide) groups is 1. The van der Waals surface area contributed by atoms with Crippen molar-refractivity contribution >= 4 is 43.5 Å². The lowest BCUT2D eigenvalue weighted by Gasteiger charge is -2.09. The molecule has 1 fully saturated rings. The van der Waals surface area contributed by atoms with Crippen LogP contribution in [-0.2, 0) is 9.84 Å². The van der Waals surface area contributed by atoms with Crippen molar-refractivity contribution in [3.63, 3.8) is 0 Å². The fourth-order valence-corrected chi connectivity index (χ4v) is 7.69. The van der Waals surface area contributed by atoms with Crippen LogP contribution in [0.25, 0.3) is 21.9 Å². The second kappa shape index (κ2) is 5.17. The van der Waals surface area contributed by atoms with E-state index in [2.05, 4.69) is 9.97 Å². The van der Waals surface area contributed by atoms with Crippen molar-refractivity contribution in [2.45, 2.75) is 16.4 Å². The van der Waals surface area contributed by atoms with Gasteiger partial charge >= 0.3 is 0 Å². The van der Waals surface area contributed by atoms with Gasteiger partial charge in [0, 0.05) is 16.7 Å². The van der Waals surface area contributed by atoms with E-state index in [0.717, 1.165) is 5.39 Å². The highest BCUT2D eigenvalue weighted by molar-refractivity contribution is 8.02. The van der Waals surface area contributed by atoms with Gasteiger partial charge in [-0.3, -0.25) is 9.36 Å². The lowest BCUT2D eigenvalue weighted by atomic mass is 10.2. The van der Waals surface area contributed by atoms with Gasteiger partial charge in [0.15, 0.2) is 26.5 Å². The summed E-state index contributed by atoms with van der Waals surface area (Å²) in [7, 11) is -0.0139. The third-order valence-electron chi connectivity index (χ3n) is 4.98. The van der Waals surface area contributed by atoms with Gasteiger partial charge in [0.1, 0.15) is 11.0 Å². The van der Waals surface area contributed by atoms with E-state index in [1.807, 2.05) is 0 Å². The molecule has 0 amide bonds. The van der Waals surface area contributed by atoms with Crippen LogP contribution in [-0.4, -0.2) is 53.9 Å². The summed E-state index contributed by atoms with van der Waals surface area (Å²) in [6, 6.07) is 3.21. The summed E-state index contributed by atoms with van der Waals surface area (Å²) < 4.78 is 36.0. The van der Waals surface area contributed by atoms with E-state index in [1.165, 1.54) is 16.3 Å². The number of ether oxygens (including phenoxy) is 2. The maximum Gasteiger partial charge on any atom is 0.278 e. The normalized spacial score (nSPS) is 23.3. The average molecular weight is 393 g/mol. The molecule has 1 N–H and O–H groups in total. The molecule has 0 unspecified atom stereocenters. The molecule has 2 aromatic heterocycles. The number of methoxy groups -OCH3 is 2. The van der Waals surface area contributed by atoms with Gasteiger partial charge in [-0.1, -0.05) is 11.8 Å². The molecule has 0 bridgehead atoms. The minimum Gasteiger partial charge on any atom is -0.493 e. The van der Waals surface area contributed by atoms with Crippen molar-refractivity contribution in [3.05, 3.63) is 22.5 Å². The first-order valence-corrected chi connectivity index (χ1v) is 10.7. The van der Waals surface area contributed by atoms with Crippen LogP contribution in [0.15, 0.2) is 22.1 Å². The van der Waals surface area contributed by atoms with E-state index in [4.69, 9.17) is 9.47 Å². The minimum atomic E-state index is -3.11. The predicted octanol–water partition coefficient (Wildman–Crippen LogP) is 1.34. The number of rotatable bonds is 2. The Bertz CT molecular complexity index is 1240. The van der Waals surface area contributed by atoms with Gasteiger partial charge in [-0.2, -0.15) is 0 Å². The Hall–Kier alpha value is -2.20. The summed E-state index contributed by atoms with van der Waals surface area (Å²) in [4.78, 5) is 20.9. The highest BCUT2D eigenvalue weighted by Crippen LogP contribution is 2.44. The van der Waals surface area contributed by atoms with E-state index in [0.29, 0.717) is 33.2 Å². The van der Waals surface area contributed by atoms with Crippen LogP contribution in [0, 0.1) is 0 Å². The Morgan fingerprint density at radius 3 is 2.69 bits per heavy atom. The van der Waals surface area contributed by atoms with E-state index >= 15 is 0 Å². The molecule has 2 atom stereocenters. The van der Waals surface area contributed by atoms with Crippen molar-refractivity contribution in [2.24, 2.45) is 0 Å². The summed E-state index contributed by atoms with van der Waals surface area (Å²) in [5.74, 6) is 1.19. The van der Waals surface area contributed by atoms with Crippen molar-refractivity contribution in [1.29, 1.82) is 0 Å². The Labute approximate surface area is 152 Å². The number of benzene rings is 1. The van der Waals surface area contributed by atoms with Crippen molar-refractivity contribution in [3.8, 4) is 11.5 Å². The number of hydrogen-bond acceptors (Lipinski definition) is 7. The number of nitrogens with zero attached hydrogens (tertiary/aromatic N) is 2. The summed E-state index contributed by atoms with van der Waals surface area (Å²) in [6.07, 6.45) is 0. The number of nitrogens with one attached hydrogen (secondary N) is 1. The lowest BCUT2D eigenvalue weighted by molar-refractivity contribution is 0.356. The fraction of sp³-hybridized carbons (Fsp3) is 0.375. The van der Waals surface area contributed by atoms with E-state index in [1.54, 1.807) is 26.4 Å². The topological polar surface area (TPSA) is 103 Å². The molecule has 0 spiro atoms. The molecular formula is C16H15N3O5S2. The Kier molecular flexibility index (Phi) is 3.18. The number of fused-ring (bicyclic) bond motifs is 6. The molecular weight excluding hydrogens is 378 g/mol. The summed E-state index contributed by atoms with van der Waals surface area (Å²) in [6.45, 7) is 0. The van der Waals surface area contributed by atoms with Crippen molar-refractivity contribution < 1.29 is 17.9 Å². The highest BCUT2D eigenvalue weighted by Gasteiger charge is 2.46. The second-order valence-corrected chi connectivity index (χ2v) is 9.83. The third-order valence-corrected chi connectivity index (χ3v) is 8.19. The van der Waals surface area contributed by atoms with Crippen LogP contribution < -0.4 is 15.0 Å². The number of aromatic amines is 1. The van der Waals surface area contributed by atoms with Crippen LogP contribution in [0.4, 0.5) is 0 Å². The molecule has 0 aliphatic carbocycles. The lowest BCUT2D eigenvalue weighted by Crippen LogP contribution is -2.27. The molecule has 136 valence electrons. The number of hydrogen-bond donors (Lipinski definition) is 1. The zero-order valence-corrected chi connectivity index (χ0v) is 15.6. The molecule has 4 heterocycles. The molecule has 8 nitrogen and oxygen atoms in total. The highest BCUT2D eigenvalue weighted by atomic mass is 32.2.